The molecule has 0 aliphatic carbocycles. The van der Waals surface area contributed by atoms with E-state index in [1.165, 1.54) is 5.56 Å². The second kappa shape index (κ2) is 4.74. The molecule has 0 N–H and O–H groups in total. The molecule has 0 aliphatic rings. The first-order valence-corrected chi connectivity index (χ1v) is 5.08. The maximum absolute atomic E-state index is 4.15. The number of aromatic nitrogens is 3. The number of hydrogen-bond donors (Lipinski definition) is 0. The average molecular weight is 191 g/mol. The van der Waals surface area contributed by atoms with Gasteiger partial charge < -0.3 is 0 Å². The third kappa shape index (κ3) is 1.92. The standard InChI is InChI=1S/C9H11N3.C2H6/c1-7(2)8-6-11-12-9(8)4-3-5-10-12;1-2/h3-7H,1-2H3;1-2H3. The Morgan fingerprint density at radius 2 is 1.93 bits per heavy atom. The number of rotatable bonds is 1. The molecule has 2 heterocycles. The number of nitrogens with zero attached hydrogens (tertiary/aromatic N) is 3. The van der Waals surface area contributed by atoms with Crippen molar-refractivity contribution in [2.45, 2.75) is 33.6 Å². The van der Waals surface area contributed by atoms with Crippen LogP contribution in [0.15, 0.2) is 24.5 Å². The summed E-state index contributed by atoms with van der Waals surface area (Å²) in [5.41, 5.74) is 2.36. The van der Waals surface area contributed by atoms with Gasteiger partial charge in [0.1, 0.15) is 0 Å². The molecular formula is C11H17N3. The predicted molar refractivity (Wildman–Crippen MR) is 58.4 cm³/mol. The van der Waals surface area contributed by atoms with Crippen molar-refractivity contribution in [3.63, 3.8) is 0 Å². The molecule has 0 aromatic carbocycles. The lowest BCUT2D eigenvalue weighted by Gasteiger charge is -1.99. The monoisotopic (exact) mass is 191 g/mol. The predicted octanol–water partition coefficient (Wildman–Crippen LogP) is 2.88. The van der Waals surface area contributed by atoms with Crippen molar-refractivity contribution >= 4 is 5.52 Å². The fourth-order valence-corrected chi connectivity index (χ4v) is 1.30. The van der Waals surface area contributed by atoms with E-state index in [9.17, 15) is 0 Å². The summed E-state index contributed by atoms with van der Waals surface area (Å²) in [6.07, 6.45) is 3.62. The largest absolute Gasteiger partial charge is 0.159 e. The van der Waals surface area contributed by atoms with Crippen LogP contribution in [-0.4, -0.2) is 14.8 Å². The van der Waals surface area contributed by atoms with Crippen molar-refractivity contribution in [1.82, 2.24) is 14.8 Å². The van der Waals surface area contributed by atoms with E-state index in [2.05, 4.69) is 24.0 Å². The second-order valence-electron chi connectivity index (χ2n) is 3.15. The highest BCUT2D eigenvalue weighted by Gasteiger charge is 2.06. The van der Waals surface area contributed by atoms with Crippen molar-refractivity contribution < 1.29 is 0 Å². The molecule has 2 aromatic rings. The molecule has 14 heavy (non-hydrogen) atoms. The SMILES string of the molecule is CC.CC(C)c1cnn2ncccc12. The summed E-state index contributed by atoms with van der Waals surface area (Å²) < 4.78 is 1.66. The van der Waals surface area contributed by atoms with Crippen LogP contribution in [0.2, 0.25) is 0 Å². The molecule has 0 unspecified atom stereocenters. The van der Waals surface area contributed by atoms with Gasteiger partial charge in [0.2, 0.25) is 0 Å². The molecule has 0 bridgehead atoms. The van der Waals surface area contributed by atoms with E-state index in [0.717, 1.165) is 5.52 Å². The summed E-state index contributed by atoms with van der Waals surface area (Å²) in [6.45, 7) is 8.31. The fourth-order valence-electron chi connectivity index (χ4n) is 1.30. The van der Waals surface area contributed by atoms with Crippen molar-refractivity contribution in [3.8, 4) is 0 Å². The molecular weight excluding hydrogens is 174 g/mol. The van der Waals surface area contributed by atoms with Crippen molar-refractivity contribution in [3.05, 3.63) is 30.1 Å². The van der Waals surface area contributed by atoms with Gasteiger partial charge in [-0.1, -0.05) is 27.7 Å². The Labute approximate surface area is 84.8 Å². The van der Waals surface area contributed by atoms with Crippen molar-refractivity contribution in [1.29, 1.82) is 0 Å². The maximum atomic E-state index is 4.15. The normalized spacial score (nSPS) is 10.1. The fraction of sp³-hybridized carbons (Fsp3) is 0.455. The summed E-state index contributed by atoms with van der Waals surface area (Å²) in [5.74, 6) is 0.506. The van der Waals surface area contributed by atoms with E-state index in [4.69, 9.17) is 0 Å². The van der Waals surface area contributed by atoms with E-state index in [0.29, 0.717) is 5.92 Å². The second-order valence-corrected chi connectivity index (χ2v) is 3.15. The molecule has 0 fully saturated rings. The van der Waals surface area contributed by atoms with E-state index < -0.39 is 0 Å². The molecule has 3 nitrogen and oxygen atoms in total. The molecule has 76 valence electrons. The van der Waals surface area contributed by atoms with Gasteiger partial charge in [0, 0.05) is 11.8 Å². The summed E-state index contributed by atoms with van der Waals surface area (Å²) in [7, 11) is 0. The van der Waals surface area contributed by atoms with Gasteiger partial charge in [0.25, 0.3) is 0 Å². The zero-order chi connectivity index (χ0) is 10.6. The summed E-state index contributed by atoms with van der Waals surface area (Å²) in [4.78, 5) is 0. The van der Waals surface area contributed by atoms with E-state index in [1.54, 1.807) is 10.8 Å². The Morgan fingerprint density at radius 1 is 1.21 bits per heavy atom. The van der Waals surface area contributed by atoms with Crippen molar-refractivity contribution in [2.75, 3.05) is 0 Å². The highest BCUT2D eigenvalue weighted by molar-refractivity contribution is 5.53. The molecule has 3 heteroatoms. The van der Waals surface area contributed by atoms with Crippen LogP contribution in [0.4, 0.5) is 0 Å². The quantitative estimate of drug-likeness (QED) is 0.693. The number of hydrogen-bond acceptors (Lipinski definition) is 2. The van der Waals surface area contributed by atoms with Gasteiger partial charge in [0.05, 0.1) is 11.7 Å². The van der Waals surface area contributed by atoms with E-state index in [1.807, 2.05) is 32.2 Å². The molecule has 0 radical (unpaired) electrons. The molecule has 2 rings (SSSR count). The van der Waals surface area contributed by atoms with Crippen LogP contribution in [0, 0.1) is 0 Å². The summed E-state index contributed by atoms with van der Waals surface area (Å²) >= 11 is 0. The molecule has 2 aromatic heterocycles. The van der Waals surface area contributed by atoms with Crippen LogP contribution in [0.25, 0.3) is 5.52 Å². The Kier molecular flexibility index (Phi) is 3.63. The highest BCUT2D eigenvalue weighted by atomic mass is 15.4. The number of fused-ring (bicyclic) bond motifs is 1. The van der Waals surface area contributed by atoms with Gasteiger partial charge in [-0.05, 0) is 18.1 Å². The van der Waals surface area contributed by atoms with Crippen LogP contribution in [-0.2, 0) is 0 Å². The van der Waals surface area contributed by atoms with Gasteiger partial charge in [-0.3, -0.25) is 0 Å². The Morgan fingerprint density at radius 3 is 2.57 bits per heavy atom. The summed E-state index contributed by atoms with van der Waals surface area (Å²) in [6, 6.07) is 3.97. The van der Waals surface area contributed by atoms with Crippen LogP contribution in [0.5, 0.6) is 0 Å². The first-order chi connectivity index (χ1) is 6.79. The molecule has 0 saturated carbocycles. The molecule has 0 saturated heterocycles. The minimum atomic E-state index is 0.506. The first kappa shape index (κ1) is 10.7. The molecule has 0 amide bonds. The van der Waals surface area contributed by atoms with Gasteiger partial charge in [-0.2, -0.15) is 14.8 Å². The Bertz CT molecular complexity index is 390. The van der Waals surface area contributed by atoms with Gasteiger partial charge in [-0.15, -0.1) is 0 Å². The third-order valence-corrected chi connectivity index (χ3v) is 1.96. The minimum absolute atomic E-state index is 0.506. The minimum Gasteiger partial charge on any atom is -0.159 e. The van der Waals surface area contributed by atoms with Crippen LogP contribution in [0.3, 0.4) is 0 Å². The van der Waals surface area contributed by atoms with Gasteiger partial charge in [-0.25, -0.2) is 0 Å². The molecule has 0 aliphatic heterocycles. The Hall–Kier alpha value is -1.38. The lowest BCUT2D eigenvalue weighted by atomic mass is 10.1. The molecule has 0 atom stereocenters. The van der Waals surface area contributed by atoms with Crippen molar-refractivity contribution in [2.24, 2.45) is 0 Å². The average Bonchev–Trinajstić information content (AvgIpc) is 2.64. The highest BCUT2D eigenvalue weighted by Crippen LogP contribution is 2.18. The van der Waals surface area contributed by atoms with Crippen LogP contribution >= 0.6 is 0 Å². The maximum Gasteiger partial charge on any atom is 0.0907 e. The van der Waals surface area contributed by atoms with Crippen LogP contribution < -0.4 is 0 Å². The summed E-state index contributed by atoms with van der Waals surface area (Å²) in [5, 5.41) is 8.24. The molecule has 0 spiro atoms. The van der Waals surface area contributed by atoms with Gasteiger partial charge >= 0.3 is 0 Å². The van der Waals surface area contributed by atoms with E-state index in [-0.39, 0.29) is 0 Å². The zero-order valence-corrected chi connectivity index (χ0v) is 9.23. The first-order valence-electron chi connectivity index (χ1n) is 5.08. The Balaban J connectivity index is 0.000000461. The lowest BCUT2D eigenvalue weighted by Crippen LogP contribution is -1.91. The van der Waals surface area contributed by atoms with E-state index >= 15 is 0 Å². The third-order valence-electron chi connectivity index (χ3n) is 1.96. The van der Waals surface area contributed by atoms with Crippen LogP contribution in [0.1, 0.15) is 39.2 Å². The zero-order valence-electron chi connectivity index (χ0n) is 9.23. The lowest BCUT2D eigenvalue weighted by molar-refractivity contribution is 0.799. The topological polar surface area (TPSA) is 30.2 Å². The van der Waals surface area contributed by atoms with Gasteiger partial charge in [0.15, 0.2) is 0 Å². The smallest absolute Gasteiger partial charge is 0.0907 e.